The van der Waals surface area contributed by atoms with Gasteiger partial charge < -0.3 is 10.1 Å². The Bertz CT molecular complexity index is 1380. The standard InChI is InChI=1S/C25H20ClF3N4O2/c26-18-5-4-17(24(28)29)22(23(18)27)14-3-6-19(30-9-14)21(7-13-1-2-13)33-12-16(11-32-33)15-8-20(25(34)35)31-10-15/h3-6,8-13,21,24,31H,1-2,7H2,(H,34,35). The molecule has 0 radical (unpaired) electrons. The predicted molar refractivity (Wildman–Crippen MR) is 124 cm³/mol. The van der Waals surface area contributed by atoms with Crippen molar-refractivity contribution in [3.8, 4) is 22.3 Å². The number of hydrogen-bond donors (Lipinski definition) is 2. The number of carbonyl (C=O) groups is 1. The SMILES string of the molecule is O=C(O)c1cc(-c2cnn(C(CC3CC3)c3ccc(-c4c(C(F)F)ccc(Cl)c4F)cn3)c2)c[nH]1. The minimum absolute atomic E-state index is 0.0796. The molecule has 6 nitrogen and oxygen atoms in total. The van der Waals surface area contributed by atoms with E-state index in [1.54, 1.807) is 29.2 Å². The fraction of sp³-hybridized carbons (Fsp3) is 0.240. The van der Waals surface area contributed by atoms with Gasteiger partial charge in [0, 0.05) is 46.4 Å². The molecular weight excluding hydrogens is 481 g/mol. The van der Waals surface area contributed by atoms with Crippen molar-refractivity contribution in [1.82, 2.24) is 19.7 Å². The van der Waals surface area contributed by atoms with E-state index in [-0.39, 0.29) is 27.9 Å². The highest BCUT2D eigenvalue weighted by molar-refractivity contribution is 6.31. The highest BCUT2D eigenvalue weighted by atomic mass is 35.5. The van der Waals surface area contributed by atoms with Crippen LogP contribution >= 0.6 is 11.6 Å². The number of aromatic nitrogens is 4. The molecule has 0 aliphatic heterocycles. The van der Waals surface area contributed by atoms with Crippen molar-refractivity contribution in [1.29, 1.82) is 0 Å². The van der Waals surface area contributed by atoms with Gasteiger partial charge in [0.15, 0.2) is 0 Å². The molecule has 1 unspecified atom stereocenters. The zero-order chi connectivity index (χ0) is 24.7. The summed E-state index contributed by atoms with van der Waals surface area (Å²) in [5, 5.41) is 13.4. The van der Waals surface area contributed by atoms with Gasteiger partial charge in [0.1, 0.15) is 11.5 Å². The maximum absolute atomic E-state index is 14.7. The van der Waals surface area contributed by atoms with Gasteiger partial charge in [-0.2, -0.15) is 5.10 Å². The second kappa shape index (κ2) is 9.22. The lowest BCUT2D eigenvalue weighted by atomic mass is 9.99. The summed E-state index contributed by atoms with van der Waals surface area (Å²) in [7, 11) is 0. The molecule has 35 heavy (non-hydrogen) atoms. The number of alkyl halides is 2. The zero-order valence-electron chi connectivity index (χ0n) is 18.3. The smallest absolute Gasteiger partial charge is 0.352 e. The number of rotatable bonds is 8. The third kappa shape index (κ3) is 4.68. The molecule has 1 fully saturated rings. The molecule has 1 atom stereocenters. The molecule has 0 bridgehead atoms. The first-order chi connectivity index (χ1) is 16.8. The summed E-state index contributed by atoms with van der Waals surface area (Å²) >= 11 is 5.85. The van der Waals surface area contributed by atoms with Gasteiger partial charge in [-0.3, -0.25) is 9.67 Å². The number of halogens is 4. The number of nitrogens with one attached hydrogen (secondary N) is 1. The molecule has 1 saturated carbocycles. The number of H-pyrrole nitrogens is 1. The second-order valence-corrected chi connectivity index (χ2v) is 9.02. The van der Waals surface area contributed by atoms with Crippen LogP contribution in [0.5, 0.6) is 0 Å². The first-order valence-electron chi connectivity index (χ1n) is 11.0. The lowest BCUT2D eigenvalue weighted by molar-refractivity contribution is 0.0691. The van der Waals surface area contributed by atoms with E-state index in [4.69, 9.17) is 16.7 Å². The van der Waals surface area contributed by atoms with Crippen molar-refractivity contribution in [2.24, 2.45) is 5.92 Å². The van der Waals surface area contributed by atoms with Crippen LogP contribution < -0.4 is 0 Å². The van der Waals surface area contributed by atoms with Crippen molar-refractivity contribution in [3.05, 3.63) is 82.9 Å². The average Bonchev–Trinajstić information content (AvgIpc) is 3.30. The van der Waals surface area contributed by atoms with Crippen LogP contribution in [0.1, 0.15) is 53.5 Å². The zero-order valence-corrected chi connectivity index (χ0v) is 19.0. The number of aromatic carboxylic acids is 1. The molecule has 1 aliphatic rings. The normalized spacial score (nSPS) is 14.4. The van der Waals surface area contributed by atoms with Crippen LogP contribution in [0.2, 0.25) is 5.02 Å². The molecule has 0 amide bonds. The number of carboxylic acid groups (broad SMARTS) is 1. The number of benzene rings is 1. The Morgan fingerprint density at radius 2 is 1.97 bits per heavy atom. The quantitative estimate of drug-likeness (QED) is 0.280. The summed E-state index contributed by atoms with van der Waals surface area (Å²) < 4.78 is 43.5. The summed E-state index contributed by atoms with van der Waals surface area (Å²) in [5.74, 6) is -1.43. The largest absolute Gasteiger partial charge is 0.477 e. The third-order valence-corrected chi connectivity index (χ3v) is 6.49. The van der Waals surface area contributed by atoms with Gasteiger partial charge in [-0.15, -0.1) is 0 Å². The summed E-state index contributed by atoms with van der Waals surface area (Å²) in [4.78, 5) is 18.4. The van der Waals surface area contributed by atoms with E-state index in [9.17, 15) is 18.0 Å². The Morgan fingerprint density at radius 1 is 1.17 bits per heavy atom. The first-order valence-corrected chi connectivity index (χ1v) is 11.4. The van der Waals surface area contributed by atoms with Crippen LogP contribution in [0.25, 0.3) is 22.3 Å². The van der Waals surface area contributed by atoms with Gasteiger partial charge in [0.2, 0.25) is 0 Å². The van der Waals surface area contributed by atoms with E-state index >= 15 is 0 Å². The van der Waals surface area contributed by atoms with Crippen LogP contribution in [0.15, 0.2) is 55.1 Å². The summed E-state index contributed by atoms with van der Waals surface area (Å²) in [5.41, 5.74) is 1.69. The molecule has 0 saturated heterocycles. The van der Waals surface area contributed by atoms with Gasteiger partial charge in [0.05, 0.1) is 23.0 Å². The first kappa shape index (κ1) is 23.2. The second-order valence-electron chi connectivity index (χ2n) is 8.61. The molecule has 3 heterocycles. The Hall–Kier alpha value is -3.59. The van der Waals surface area contributed by atoms with Gasteiger partial charge in [-0.25, -0.2) is 18.0 Å². The molecule has 1 aliphatic carbocycles. The fourth-order valence-electron chi connectivity index (χ4n) is 4.17. The molecule has 2 N–H and O–H groups in total. The maximum atomic E-state index is 14.7. The Labute approximate surface area is 203 Å². The number of nitrogens with zero attached hydrogens (tertiary/aromatic N) is 3. The maximum Gasteiger partial charge on any atom is 0.352 e. The Kier molecular flexibility index (Phi) is 6.10. The van der Waals surface area contributed by atoms with Gasteiger partial charge in [0.25, 0.3) is 6.43 Å². The molecule has 3 aromatic heterocycles. The molecule has 4 aromatic rings. The highest BCUT2D eigenvalue weighted by Crippen LogP contribution is 2.40. The molecule has 180 valence electrons. The van der Waals surface area contributed by atoms with E-state index < -0.39 is 23.8 Å². The summed E-state index contributed by atoms with van der Waals surface area (Å²) in [6.45, 7) is 0. The minimum atomic E-state index is -2.86. The Balaban J connectivity index is 1.47. The molecular formula is C25H20ClF3N4O2. The Morgan fingerprint density at radius 3 is 2.60 bits per heavy atom. The minimum Gasteiger partial charge on any atom is -0.477 e. The van der Waals surface area contributed by atoms with Crippen LogP contribution in [0, 0.1) is 11.7 Å². The van der Waals surface area contributed by atoms with Crippen molar-refractivity contribution in [3.63, 3.8) is 0 Å². The number of aromatic amines is 1. The molecule has 5 rings (SSSR count). The van der Waals surface area contributed by atoms with Crippen LogP contribution in [-0.2, 0) is 0 Å². The van der Waals surface area contributed by atoms with E-state index in [2.05, 4.69) is 15.1 Å². The highest BCUT2D eigenvalue weighted by Gasteiger charge is 2.29. The van der Waals surface area contributed by atoms with Gasteiger partial charge in [-0.1, -0.05) is 36.6 Å². The fourth-order valence-corrected chi connectivity index (χ4v) is 4.32. The van der Waals surface area contributed by atoms with E-state index in [1.807, 2.05) is 6.20 Å². The van der Waals surface area contributed by atoms with Crippen molar-refractivity contribution >= 4 is 17.6 Å². The van der Waals surface area contributed by atoms with Crippen molar-refractivity contribution in [2.75, 3.05) is 0 Å². The average molecular weight is 501 g/mol. The summed E-state index contributed by atoms with van der Waals surface area (Å²) in [6, 6.07) is 6.82. The lowest BCUT2D eigenvalue weighted by Crippen LogP contribution is -2.13. The van der Waals surface area contributed by atoms with Gasteiger partial charge >= 0.3 is 5.97 Å². The molecule has 0 spiro atoms. The van der Waals surface area contributed by atoms with Crippen LogP contribution in [0.4, 0.5) is 13.2 Å². The monoisotopic (exact) mass is 500 g/mol. The molecule has 10 heteroatoms. The number of hydrogen-bond acceptors (Lipinski definition) is 3. The van der Waals surface area contributed by atoms with Crippen LogP contribution in [-0.4, -0.2) is 30.8 Å². The van der Waals surface area contributed by atoms with Crippen molar-refractivity contribution < 1.29 is 23.1 Å². The molecule has 1 aromatic carbocycles. The van der Waals surface area contributed by atoms with Gasteiger partial charge in [-0.05, 0) is 30.5 Å². The topological polar surface area (TPSA) is 83.8 Å². The number of pyridine rings is 1. The van der Waals surface area contributed by atoms with E-state index in [0.29, 0.717) is 17.2 Å². The predicted octanol–water partition coefficient (Wildman–Crippen LogP) is 6.76. The van der Waals surface area contributed by atoms with Crippen molar-refractivity contribution in [2.45, 2.75) is 31.7 Å². The third-order valence-electron chi connectivity index (χ3n) is 6.20. The van der Waals surface area contributed by atoms with E-state index in [0.717, 1.165) is 37.0 Å². The number of carboxylic acids is 1. The lowest BCUT2D eigenvalue weighted by Gasteiger charge is -2.18. The van der Waals surface area contributed by atoms with Crippen LogP contribution in [0.3, 0.4) is 0 Å². The summed E-state index contributed by atoms with van der Waals surface area (Å²) in [6.07, 6.45) is 6.59. The van der Waals surface area contributed by atoms with E-state index in [1.165, 1.54) is 12.3 Å².